The minimum atomic E-state index is -0.651. The number of halogens is 3. The van der Waals surface area contributed by atoms with Crippen molar-refractivity contribution in [3.8, 4) is 0 Å². The molecular formula is C12H8ClF2N5. The third-order valence-electron chi connectivity index (χ3n) is 2.84. The Labute approximate surface area is 117 Å². The van der Waals surface area contributed by atoms with Gasteiger partial charge in [0.25, 0.3) is 0 Å². The summed E-state index contributed by atoms with van der Waals surface area (Å²) < 4.78 is 28.6. The number of anilines is 1. The van der Waals surface area contributed by atoms with E-state index in [9.17, 15) is 8.78 Å². The SMILES string of the molecule is Nc1nc(Cl)c2cnn(Cc3c(F)cccc3F)c2n1. The van der Waals surface area contributed by atoms with Gasteiger partial charge >= 0.3 is 0 Å². The van der Waals surface area contributed by atoms with E-state index in [4.69, 9.17) is 17.3 Å². The number of rotatable bonds is 2. The second-order valence-corrected chi connectivity index (χ2v) is 4.47. The van der Waals surface area contributed by atoms with E-state index < -0.39 is 11.6 Å². The van der Waals surface area contributed by atoms with Gasteiger partial charge in [0.1, 0.15) is 16.8 Å². The van der Waals surface area contributed by atoms with Crippen molar-refractivity contribution in [1.29, 1.82) is 0 Å². The molecule has 3 aromatic rings. The van der Waals surface area contributed by atoms with Crippen molar-refractivity contribution in [1.82, 2.24) is 19.7 Å². The molecule has 0 atom stereocenters. The van der Waals surface area contributed by atoms with Crippen LogP contribution in [0.3, 0.4) is 0 Å². The summed E-state index contributed by atoms with van der Waals surface area (Å²) in [5.74, 6) is -1.33. The topological polar surface area (TPSA) is 69.6 Å². The highest BCUT2D eigenvalue weighted by Gasteiger charge is 2.14. The number of nitrogens with two attached hydrogens (primary N) is 1. The van der Waals surface area contributed by atoms with Gasteiger partial charge in [0, 0.05) is 5.56 Å². The number of nitrogens with zero attached hydrogens (tertiary/aromatic N) is 4. The van der Waals surface area contributed by atoms with Crippen LogP contribution in [0.15, 0.2) is 24.4 Å². The number of fused-ring (bicyclic) bond motifs is 1. The molecule has 0 aliphatic heterocycles. The highest BCUT2D eigenvalue weighted by molar-refractivity contribution is 6.34. The molecule has 5 nitrogen and oxygen atoms in total. The second kappa shape index (κ2) is 4.68. The van der Waals surface area contributed by atoms with E-state index in [1.165, 1.54) is 29.1 Å². The van der Waals surface area contributed by atoms with Crippen molar-refractivity contribution >= 4 is 28.6 Å². The third-order valence-corrected chi connectivity index (χ3v) is 3.12. The van der Waals surface area contributed by atoms with Gasteiger partial charge in [-0.25, -0.2) is 18.4 Å². The van der Waals surface area contributed by atoms with E-state index in [1.54, 1.807) is 0 Å². The summed E-state index contributed by atoms with van der Waals surface area (Å²) in [6.07, 6.45) is 1.43. The zero-order chi connectivity index (χ0) is 14.3. The highest BCUT2D eigenvalue weighted by Crippen LogP contribution is 2.22. The lowest BCUT2D eigenvalue weighted by atomic mass is 10.2. The number of nitrogen functional groups attached to an aromatic ring is 1. The molecule has 0 saturated heterocycles. The molecule has 20 heavy (non-hydrogen) atoms. The van der Waals surface area contributed by atoms with Crippen LogP contribution in [0.25, 0.3) is 11.0 Å². The summed E-state index contributed by atoms with van der Waals surface area (Å²) in [7, 11) is 0. The molecule has 0 spiro atoms. The molecule has 2 heterocycles. The van der Waals surface area contributed by atoms with Crippen molar-refractivity contribution in [2.75, 3.05) is 5.73 Å². The Balaban J connectivity index is 2.12. The molecule has 0 radical (unpaired) electrons. The number of hydrogen-bond acceptors (Lipinski definition) is 4. The maximum atomic E-state index is 13.6. The van der Waals surface area contributed by atoms with E-state index in [-0.39, 0.29) is 23.2 Å². The van der Waals surface area contributed by atoms with E-state index in [0.29, 0.717) is 11.0 Å². The molecule has 2 aromatic heterocycles. The summed E-state index contributed by atoms with van der Waals surface area (Å²) in [5.41, 5.74) is 5.73. The van der Waals surface area contributed by atoms with Crippen molar-refractivity contribution in [2.45, 2.75) is 6.54 Å². The van der Waals surface area contributed by atoms with Crippen LogP contribution in [0.4, 0.5) is 14.7 Å². The largest absolute Gasteiger partial charge is 0.368 e. The van der Waals surface area contributed by atoms with Crippen LogP contribution in [-0.4, -0.2) is 19.7 Å². The average Bonchev–Trinajstić information content (AvgIpc) is 2.77. The molecule has 0 amide bonds. The van der Waals surface area contributed by atoms with Gasteiger partial charge in [-0.15, -0.1) is 0 Å². The Morgan fingerprint density at radius 1 is 1.20 bits per heavy atom. The fourth-order valence-electron chi connectivity index (χ4n) is 1.89. The highest BCUT2D eigenvalue weighted by atomic mass is 35.5. The first-order valence-corrected chi connectivity index (χ1v) is 6.01. The van der Waals surface area contributed by atoms with Crippen LogP contribution >= 0.6 is 11.6 Å². The molecule has 0 aliphatic rings. The quantitative estimate of drug-likeness (QED) is 0.737. The normalized spacial score (nSPS) is 11.2. The second-order valence-electron chi connectivity index (χ2n) is 4.11. The molecule has 0 fully saturated rings. The lowest BCUT2D eigenvalue weighted by molar-refractivity contribution is 0.536. The van der Waals surface area contributed by atoms with Gasteiger partial charge in [-0.1, -0.05) is 17.7 Å². The van der Waals surface area contributed by atoms with Gasteiger partial charge in [-0.05, 0) is 12.1 Å². The zero-order valence-electron chi connectivity index (χ0n) is 10.0. The predicted octanol–water partition coefficient (Wildman–Crippen LogP) is 2.39. The van der Waals surface area contributed by atoms with Crippen LogP contribution in [0, 0.1) is 11.6 Å². The van der Waals surface area contributed by atoms with Crippen molar-refractivity contribution in [3.05, 3.63) is 46.7 Å². The molecular weight excluding hydrogens is 288 g/mol. The van der Waals surface area contributed by atoms with E-state index in [1.807, 2.05) is 0 Å². The number of hydrogen-bond donors (Lipinski definition) is 1. The molecule has 1 aromatic carbocycles. The van der Waals surface area contributed by atoms with Gasteiger partial charge in [0.2, 0.25) is 5.95 Å². The van der Waals surface area contributed by atoms with Crippen LogP contribution in [0.2, 0.25) is 5.15 Å². The van der Waals surface area contributed by atoms with Gasteiger partial charge in [0.05, 0.1) is 18.1 Å². The van der Waals surface area contributed by atoms with Crippen LogP contribution in [-0.2, 0) is 6.54 Å². The Bertz CT molecular complexity index is 782. The molecule has 2 N–H and O–H groups in total. The maximum absolute atomic E-state index is 13.6. The third kappa shape index (κ3) is 2.05. The van der Waals surface area contributed by atoms with Crippen LogP contribution in [0.1, 0.15) is 5.56 Å². The standard InChI is InChI=1S/C12H8ClF2N5/c13-10-6-4-17-20(11(6)19-12(16)18-10)5-7-8(14)2-1-3-9(7)15/h1-4H,5H2,(H2,16,18,19). The lowest BCUT2D eigenvalue weighted by Gasteiger charge is -2.06. The van der Waals surface area contributed by atoms with E-state index >= 15 is 0 Å². The Hall–Kier alpha value is -2.28. The first-order chi connectivity index (χ1) is 9.56. The number of aromatic nitrogens is 4. The lowest BCUT2D eigenvalue weighted by Crippen LogP contribution is -2.07. The first kappa shape index (κ1) is 12.7. The van der Waals surface area contributed by atoms with Gasteiger partial charge in [0.15, 0.2) is 5.65 Å². The van der Waals surface area contributed by atoms with Crippen LogP contribution in [0.5, 0.6) is 0 Å². The fourth-order valence-corrected chi connectivity index (χ4v) is 2.11. The summed E-state index contributed by atoms with van der Waals surface area (Å²) in [6.45, 7) is -0.116. The van der Waals surface area contributed by atoms with Crippen molar-refractivity contribution in [2.24, 2.45) is 0 Å². The van der Waals surface area contributed by atoms with Crippen LogP contribution < -0.4 is 5.73 Å². The minimum absolute atomic E-state index is 0.0294. The summed E-state index contributed by atoms with van der Waals surface area (Å²) >= 11 is 5.91. The smallest absolute Gasteiger partial charge is 0.223 e. The number of benzene rings is 1. The Morgan fingerprint density at radius 2 is 1.90 bits per heavy atom. The zero-order valence-corrected chi connectivity index (χ0v) is 10.8. The molecule has 3 rings (SSSR count). The van der Waals surface area contributed by atoms with Gasteiger partial charge in [-0.2, -0.15) is 10.1 Å². The fraction of sp³-hybridized carbons (Fsp3) is 0.0833. The molecule has 0 bridgehead atoms. The predicted molar refractivity (Wildman–Crippen MR) is 70.2 cm³/mol. The first-order valence-electron chi connectivity index (χ1n) is 5.63. The molecule has 0 saturated carbocycles. The van der Waals surface area contributed by atoms with Crippen molar-refractivity contribution in [3.63, 3.8) is 0 Å². The summed E-state index contributed by atoms with van der Waals surface area (Å²) in [6, 6.07) is 3.66. The Morgan fingerprint density at radius 3 is 2.60 bits per heavy atom. The molecule has 0 unspecified atom stereocenters. The molecule has 0 aliphatic carbocycles. The molecule has 102 valence electrons. The van der Waals surface area contributed by atoms with E-state index in [2.05, 4.69) is 15.1 Å². The average molecular weight is 296 g/mol. The van der Waals surface area contributed by atoms with Crippen molar-refractivity contribution < 1.29 is 8.78 Å². The minimum Gasteiger partial charge on any atom is -0.368 e. The molecule has 8 heteroatoms. The van der Waals surface area contributed by atoms with E-state index in [0.717, 1.165) is 0 Å². The monoisotopic (exact) mass is 295 g/mol. The maximum Gasteiger partial charge on any atom is 0.223 e. The summed E-state index contributed by atoms with van der Waals surface area (Å²) in [5, 5.41) is 4.63. The van der Waals surface area contributed by atoms with Gasteiger partial charge in [-0.3, -0.25) is 0 Å². The Kier molecular flexibility index (Phi) is 2.98. The summed E-state index contributed by atoms with van der Waals surface area (Å²) in [4.78, 5) is 7.78. The van der Waals surface area contributed by atoms with Gasteiger partial charge < -0.3 is 5.73 Å².